The van der Waals surface area contributed by atoms with E-state index in [0.717, 1.165) is 36.4 Å². The van der Waals surface area contributed by atoms with Gasteiger partial charge in [-0.25, -0.2) is 0 Å². The number of likely N-dealkylation sites (tertiary alicyclic amines) is 1. The van der Waals surface area contributed by atoms with Gasteiger partial charge in [0, 0.05) is 18.3 Å². The summed E-state index contributed by atoms with van der Waals surface area (Å²) in [6.07, 6.45) is 2.29. The molecule has 2 aromatic rings. The van der Waals surface area contributed by atoms with Crippen LogP contribution in [-0.4, -0.2) is 22.5 Å². The molecule has 0 saturated carbocycles. The fourth-order valence-electron chi connectivity index (χ4n) is 2.88. The summed E-state index contributed by atoms with van der Waals surface area (Å²) < 4.78 is 5.33. The minimum atomic E-state index is 0.0137. The Morgan fingerprint density at radius 3 is 3.05 bits per heavy atom. The summed E-state index contributed by atoms with van der Waals surface area (Å²) in [5.41, 5.74) is 8.24. The second-order valence-electron chi connectivity index (χ2n) is 5.54. The van der Waals surface area contributed by atoms with Crippen molar-refractivity contribution in [2.45, 2.75) is 32.2 Å². The molecular formula is C16H19N3O2. The lowest BCUT2D eigenvalue weighted by Gasteiger charge is -2.22. The van der Waals surface area contributed by atoms with E-state index in [4.69, 9.17) is 10.3 Å². The molecule has 1 amide bonds. The molecular weight excluding hydrogens is 266 g/mol. The Bertz CT molecular complexity index is 650. The van der Waals surface area contributed by atoms with Crippen LogP contribution in [0.25, 0.3) is 0 Å². The molecule has 1 aliphatic heterocycles. The van der Waals surface area contributed by atoms with Gasteiger partial charge in [0.2, 0.25) is 5.91 Å². The van der Waals surface area contributed by atoms with E-state index in [1.807, 2.05) is 42.2 Å². The predicted molar refractivity (Wildman–Crippen MR) is 79.5 cm³/mol. The van der Waals surface area contributed by atoms with Crippen LogP contribution in [0.5, 0.6) is 0 Å². The zero-order chi connectivity index (χ0) is 14.8. The minimum absolute atomic E-state index is 0.0137. The van der Waals surface area contributed by atoms with Crippen LogP contribution < -0.4 is 5.73 Å². The summed E-state index contributed by atoms with van der Waals surface area (Å²) in [5.74, 6) is 0.892. The maximum Gasteiger partial charge on any atom is 0.227 e. The summed E-state index contributed by atoms with van der Waals surface area (Å²) in [6, 6.07) is 9.40. The van der Waals surface area contributed by atoms with Crippen molar-refractivity contribution in [3.63, 3.8) is 0 Å². The number of aromatic nitrogens is 1. The summed E-state index contributed by atoms with van der Waals surface area (Å²) >= 11 is 0. The van der Waals surface area contributed by atoms with E-state index in [-0.39, 0.29) is 11.9 Å². The van der Waals surface area contributed by atoms with Crippen molar-refractivity contribution >= 4 is 11.6 Å². The fraction of sp³-hybridized carbons (Fsp3) is 0.375. The highest BCUT2D eigenvalue weighted by atomic mass is 16.5. The Morgan fingerprint density at radius 2 is 2.33 bits per heavy atom. The number of aryl methyl sites for hydroxylation is 1. The average Bonchev–Trinajstić information content (AvgIpc) is 3.06. The van der Waals surface area contributed by atoms with Crippen LogP contribution in [0.4, 0.5) is 5.69 Å². The number of benzene rings is 1. The zero-order valence-electron chi connectivity index (χ0n) is 12.1. The number of nitrogen functional groups attached to an aromatic ring is 1. The summed E-state index contributed by atoms with van der Waals surface area (Å²) in [7, 11) is 0. The molecule has 1 aromatic heterocycles. The highest BCUT2D eigenvalue weighted by Crippen LogP contribution is 2.32. The number of carbonyl (C=O) groups excluding carboxylic acids is 1. The normalized spacial score (nSPS) is 18.1. The molecule has 5 heteroatoms. The summed E-state index contributed by atoms with van der Waals surface area (Å²) in [5, 5.41) is 3.92. The molecule has 0 spiro atoms. The molecule has 21 heavy (non-hydrogen) atoms. The van der Waals surface area contributed by atoms with Crippen molar-refractivity contribution in [1.82, 2.24) is 10.1 Å². The van der Waals surface area contributed by atoms with Crippen LogP contribution in [-0.2, 0) is 11.2 Å². The van der Waals surface area contributed by atoms with Gasteiger partial charge in [-0.1, -0.05) is 17.3 Å². The quantitative estimate of drug-likeness (QED) is 0.879. The van der Waals surface area contributed by atoms with E-state index in [9.17, 15) is 4.79 Å². The van der Waals surface area contributed by atoms with Crippen LogP contribution in [0, 0.1) is 6.92 Å². The zero-order valence-corrected chi connectivity index (χ0v) is 12.1. The van der Waals surface area contributed by atoms with Crippen LogP contribution in [0.3, 0.4) is 0 Å². The topological polar surface area (TPSA) is 72.4 Å². The van der Waals surface area contributed by atoms with Crippen molar-refractivity contribution in [3.05, 3.63) is 47.3 Å². The average molecular weight is 285 g/mol. The van der Waals surface area contributed by atoms with Gasteiger partial charge in [-0.15, -0.1) is 0 Å². The Hall–Kier alpha value is -2.30. The molecule has 5 nitrogen and oxygen atoms in total. The van der Waals surface area contributed by atoms with E-state index in [2.05, 4.69) is 5.16 Å². The molecule has 0 radical (unpaired) electrons. The molecule has 1 atom stereocenters. The third kappa shape index (κ3) is 2.91. The standard InChI is InChI=1S/C16H19N3O2/c1-11-8-15(21-18-11)14-6-3-7-19(14)16(20)10-12-4-2-5-13(17)9-12/h2,4-5,8-9,14H,3,6-7,10,17H2,1H3. The van der Waals surface area contributed by atoms with E-state index in [1.54, 1.807) is 0 Å². The molecule has 2 heterocycles. The Morgan fingerprint density at radius 1 is 1.48 bits per heavy atom. The minimum Gasteiger partial charge on any atom is -0.399 e. The molecule has 3 rings (SSSR count). The van der Waals surface area contributed by atoms with Crippen LogP contribution in [0.2, 0.25) is 0 Å². The maximum absolute atomic E-state index is 12.5. The van der Waals surface area contributed by atoms with Gasteiger partial charge < -0.3 is 15.2 Å². The van der Waals surface area contributed by atoms with Crippen LogP contribution >= 0.6 is 0 Å². The highest BCUT2D eigenvalue weighted by Gasteiger charge is 2.32. The number of anilines is 1. The van der Waals surface area contributed by atoms with Crippen molar-refractivity contribution in [2.24, 2.45) is 0 Å². The molecule has 0 aliphatic carbocycles. The third-order valence-electron chi connectivity index (χ3n) is 3.85. The molecule has 1 fully saturated rings. The van der Waals surface area contributed by atoms with Gasteiger partial charge in [0.05, 0.1) is 18.2 Å². The summed E-state index contributed by atoms with van der Waals surface area (Å²) in [4.78, 5) is 14.4. The Labute approximate surface area is 123 Å². The first-order valence-electron chi connectivity index (χ1n) is 7.20. The lowest BCUT2D eigenvalue weighted by atomic mass is 10.1. The molecule has 1 saturated heterocycles. The largest absolute Gasteiger partial charge is 0.399 e. The fourth-order valence-corrected chi connectivity index (χ4v) is 2.88. The van der Waals surface area contributed by atoms with E-state index in [0.29, 0.717) is 12.1 Å². The molecule has 1 unspecified atom stereocenters. The number of carbonyl (C=O) groups is 1. The second kappa shape index (κ2) is 5.60. The van der Waals surface area contributed by atoms with Crippen molar-refractivity contribution in [2.75, 3.05) is 12.3 Å². The van der Waals surface area contributed by atoms with Gasteiger partial charge in [-0.05, 0) is 37.5 Å². The smallest absolute Gasteiger partial charge is 0.227 e. The maximum atomic E-state index is 12.5. The van der Waals surface area contributed by atoms with Gasteiger partial charge in [-0.2, -0.15) is 0 Å². The monoisotopic (exact) mass is 285 g/mol. The van der Waals surface area contributed by atoms with Crippen molar-refractivity contribution in [1.29, 1.82) is 0 Å². The SMILES string of the molecule is Cc1cc(C2CCCN2C(=O)Cc2cccc(N)c2)on1. The van der Waals surface area contributed by atoms with Crippen LogP contribution in [0.15, 0.2) is 34.9 Å². The number of nitrogens with zero attached hydrogens (tertiary/aromatic N) is 2. The lowest BCUT2D eigenvalue weighted by Crippen LogP contribution is -2.31. The van der Waals surface area contributed by atoms with Gasteiger partial charge in [0.15, 0.2) is 5.76 Å². The Balaban J connectivity index is 1.74. The molecule has 1 aromatic carbocycles. The van der Waals surface area contributed by atoms with E-state index in [1.165, 1.54) is 0 Å². The number of hydrogen-bond donors (Lipinski definition) is 1. The van der Waals surface area contributed by atoms with Crippen LogP contribution in [0.1, 0.15) is 35.9 Å². The van der Waals surface area contributed by atoms with Gasteiger partial charge >= 0.3 is 0 Å². The van der Waals surface area contributed by atoms with Crippen molar-refractivity contribution in [3.8, 4) is 0 Å². The third-order valence-corrected chi connectivity index (χ3v) is 3.85. The number of amides is 1. The van der Waals surface area contributed by atoms with E-state index >= 15 is 0 Å². The van der Waals surface area contributed by atoms with Crippen molar-refractivity contribution < 1.29 is 9.32 Å². The first-order valence-corrected chi connectivity index (χ1v) is 7.20. The number of hydrogen-bond acceptors (Lipinski definition) is 4. The molecule has 1 aliphatic rings. The number of nitrogens with two attached hydrogens (primary N) is 1. The lowest BCUT2D eigenvalue weighted by molar-refractivity contribution is -0.131. The first kappa shape index (κ1) is 13.7. The van der Waals surface area contributed by atoms with Gasteiger partial charge in [0.1, 0.15) is 0 Å². The first-order chi connectivity index (χ1) is 10.1. The molecule has 2 N–H and O–H groups in total. The second-order valence-corrected chi connectivity index (χ2v) is 5.54. The number of rotatable bonds is 3. The summed E-state index contributed by atoms with van der Waals surface area (Å²) in [6.45, 7) is 2.66. The Kier molecular flexibility index (Phi) is 3.64. The molecule has 110 valence electrons. The molecule has 0 bridgehead atoms. The predicted octanol–water partition coefficient (Wildman–Crippen LogP) is 2.47. The van der Waals surface area contributed by atoms with Gasteiger partial charge in [0.25, 0.3) is 0 Å². The van der Waals surface area contributed by atoms with E-state index < -0.39 is 0 Å². The highest BCUT2D eigenvalue weighted by molar-refractivity contribution is 5.79. The van der Waals surface area contributed by atoms with Gasteiger partial charge in [-0.3, -0.25) is 4.79 Å².